The maximum atomic E-state index is 4.46. The normalized spacial score (nSPS) is 27.0. The van der Waals surface area contributed by atoms with Gasteiger partial charge in [0.1, 0.15) is 5.82 Å². The average molecular weight is 294 g/mol. The fourth-order valence-corrected chi connectivity index (χ4v) is 5.13. The first-order chi connectivity index (χ1) is 10.7. The van der Waals surface area contributed by atoms with Crippen LogP contribution in [0.1, 0.15) is 55.6 Å². The fraction of sp³-hybridized carbons (Fsp3) is 0.550. The summed E-state index contributed by atoms with van der Waals surface area (Å²) in [6, 6.07) is 7.04. The van der Waals surface area contributed by atoms with Gasteiger partial charge in [0.15, 0.2) is 0 Å². The van der Waals surface area contributed by atoms with Crippen LogP contribution < -0.4 is 0 Å². The summed E-state index contributed by atoms with van der Waals surface area (Å²) >= 11 is 0. The van der Waals surface area contributed by atoms with Crippen molar-refractivity contribution in [3.05, 3.63) is 53.1 Å². The Bertz CT molecular complexity index is 656. The van der Waals surface area contributed by atoms with E-state index in [4.69, 9.17) is 0 Å². The lowest BCUT2D eigenvalue weighted by Crippen LogP contribution is -2.43. The lowest BCUT2D eigenvalue weighted by Gasteiger charge is -2.49. The molecule has 2 aliphatic carbocycles. The van der Waals surface area contributed by atoms with Gasteiger partial charge in [-0.15, -0.1) is 0 Å². The minimum atomic E-state index is 0.402. The highest BCUT2D eigenvalue weighted by molar-refractivity contribution is 5.46. The van der Waals surface area contributed by atoms with Gasteiger partial charge in [-0.3, -0.25) is 0 Å². The molecule has 1 aromatic heterocycles. The average Bonchev–Trinajstić information content (AvgIpc) is 3.00. The predicted molar refractivity (Wildman–Crippen MR) is 90.0 cm³/mol. The van der Waals surface area contributed by atoms with Crippen molar-refractivity contribution in [2.45, 2.75) is 57.8 Å². The molecule has 0 fully saturated rings. The Morgan fingerprint density at radius 3 is 2.95 bits per heavy atom. The second kappa shape index (κ2) is 5.26. The van der Waals surface area contributed by atoms with E-state index in [1.807, 2.05) is 12.4 Å². The molecule has 2 aromatic rings. The van der Waals surface area contributed by atoms with Gasteiger partial charge >= 0.3 is 0 Å². The molecule has 2 unspecified atom stereocenters. The number of rotatable bonds is 3. The maximum absolute atomic E-state index is 4.46. The van der Waals surface area contributed by atoms with Crippen LogP contribution >= 0.6 is 0 Å². The van der Waals surface area contributed by atoms with Gasteiger partial charge < -0.3 is 4.98 Å². The summed E-state index contributed by atoms with van der Waals surface area (Å²) in [6.45, 7) is 4.86. The third kappa shape index (κ3) is 2.12. The van der Waals surface area contributed by atoms with E-state index in [2.05, 4.69) is 42.0 Å². The Kier molecular flexibility index (Phi) is 3.36. The summed E-state index contributed by atoms with van der Waals surface area (Å²) < 4.78 is 0. The van der Waals surface area contributed by atoms with E-state index < -0.39 is 0 Å². The van der Waals surface area contributed by atoms with E-state index in [9.17, 15) is 0 Å². The van der Waals surface area contributed by atoms with E-state index in [0.717, 1.165) is 18.2 Å². The molecule has 0 amide bonds. The number of hydrogen-bond acceptors (Lipinski definition) is 1. The van der Waals surface area contributed by atoms with Gasteiger partial charge in [-0.25, -0.2) is 4.98 Å². The van der Waals surface area contributed by atoms with Gasteiger partial charge in [-0.2, -0.15) is 0 Å². The SMILES string of the molecule is CC(C)C12CCCc3cccc(c31)CC(Cc1ncc[nH]1)C2. The lowest BCUT2D eigenvalue weighted by molar-refractivity contribution is 0.184. The molecule has 4 rings (SSSR count). The smallest absolute Gasteiger partial charge is 0.106 e. The summed E-state index contributed by atoms with van der Waals surface area (Å²) in [6.07, 6.45) is 11.5. The van der Waals surface area contributed by atoms with E-state index in [1.165, 1.54) is 32.1 Å². The van der Waals surface area contributed by atoms with Gasteiger partial charge in [-0.1, -0.05) is 32.0 Å². The molecule has 0 saturated heterocycles. The lowest BCUT2D eigenvalue weighted by atomic mass is 9.55. The monoisotopic (exact) mass is 294 g/mol. The van der Waals surface area contributed by atoms with Crippen molar-refractivity contribution < 1.29 is 0 Å². The number of nitrogens with one attached hydrogen (secondary N) is 1. The van der Waals surface area contributed by atoms with Crippen LogP contribution in [0.3, 0.4) is 0 Å². The van der Waals surface area contributed by atoms with Crippen LogP contribution in [0.25, 0.3) is 0 Å². The van der Waals surface area contributed by atoms with Crippen molar-refractivity contribution in [1.82, 2.24) is 9.97 Å². The molecule has 1 N–H and O–H groups in total. The molecule has 0 saturated carbocycles. The molecule has 2 nitrogen and oxygen atoms in total. The number of aromatic amines is 1. The topological polar surface area (TPSA) is 28.7 Å². The summed E-state index contributed by atoms with van der Waals surface area (Å²) in [5, 5.41) is 0. The summed E-state index contributed by atoms with van der Waals surface area (Å²) in [4.78, 5) is 7.76. The first-order valence-electron chi connectivity index (χ1n) is 8.78. The van der Waals surface area contributed by atoms with Gasteiger partial charge in [0, 0.05) is 18.8 Å². The Balaban J connectivity index is 1.75. The molecule has 2 aliphatic rings. The van der Waals surface area contributed by atoms with Crippen molar-refractivity contribution in [3.8, 4) is 0 Å². The molecule has 2 atom stereocenters. The Labute approximate surface area is 133 Å². The standard InChI is InChI=1S/C20H26N2/c1-14(2)20-8-4-7-16-5-3-6-17(19(16)20)11-15(13-20)12-18-21-9-10-22-18/h3,5-6,9-10,14-15H,4,7-8,11-13H2,1-2H3,(H,21,22). The first kappa shape index (κ1) is 14.0. The van der Waals surface area contributed by atoms with Crippen LogP contribution in [0.15, 0.2) is 30.6 Å². The Morgan fingerprint density at radius 2 is 2.18 bits per heavy atom. The fourth-order valence-electron chi connectivity index (χ4n) is 5.13. The van der Waals surface area contributed by atoms with Crippen LogP contribution in [-0.2, 0) is 24.7 Å². The maximum Gasteiger partial charge on any atom is 0.106 e. The van der Waals surface area contributed by atoms with E-state index >= 15 is 0 Å². The molecule has 2 heteroatoms. The van der Waals surface area contributed by atoms with Crippen LogP contribution in [0.4, 0.5) is 0 Å². The van der Waals surface area contributed by atoms with Gasteiger partial charge in [0.05, 0.1) is 0 Å². The highest BCUT2D eigenvalue weighted by Crippen LogP contribution is 2.52. The molecular weight excluding hydrogens is 268 g/mol. The minimum Gasteiger partial charge on any atom is -0.349 e. The molecular formula is C20H26N2. The quantitative estimate of drug-likeness (QED) is 0.890. The molecule has 0 radical (unpaired) electrons. The highest BCUT2D eigenvalue weighted by Gasteiger charge is 2.45. The molecule has 22 heavy (non-hydrogen) atoms. The van der Waals surface area contributed by atoms with Gasteiger partial charge in [-0.05, 0) is 66.0 Å². The van der Waals surface area contributed by atoms with E-state index in [0.29, 0.717) is 11.3 Å². The molecule has 1 heterocycles. The molecule has 0 aliphatic heterocycles. The number of nitrogens with zero attached hydrogens (tertiary/aromatic N) is 1. The van der Waals surface area contributed by atoms with Crippen LogP contribution in [0.2, 0.25) is 0 Å². The zero-order chi connectivity index (χ0) is 15.2. The van der Waals surface area contributed by atoms with Crippen molar-refractivity contribution in [1.29, 1.82) is 0 Å². The van der Waals surface area contributed by atoms with Gasteiger partial charge in [0.2, 0.25) is 0 Å². The number of aromatic nitrogens is 2. The molecule has 1 aromatic carbocycles. The van der Waals surface area contributed by atoms with Crippen molar-refractivity contribution >= 4 is 0 Å². The zero-order valence-corrected chi connectivity index (χ0v) is 13.7. The highest BCUT2D eigenvalue weighted by atomic mass is 14.9. The summed E-state index contributed by atoms with van der Waals surface area (Å²) in [5.74, 6) is 2.58. The number of aryl methyl sites for hydroxylation is 1. The molecule has 116 valence electrons. The van der Waals surface area contributed by atoms with Crippen molar-refractivity contribution in [2.24, 2.45) is 11.8 Å². The van der Waals surface area contributed by atoms with E-state index in [-0.39, 0.29) is 0 Å². The second-order valence-electron chi connectivity index (χ2n) is 7.63. The van der Waals surface area contributed by atoms with Crippen LogP contribution in [0.5, 0.6) is 0 Å². The third-order valence-electron chi connectivity index (χ3n) is 6.11. The largest absolute Gasteiger partial charge is 0.349 e. The van der Waals surface area contributed by atoms with Crippen LogP contribution in [0, 0.1) is 11.8 Å². The third-order valence-corrected chi connectivity index (χ3v) is 6.11. The Hall–Kier alpha value is -1.57. The number of imidazole rings is 1. The predicted octanol–water partition coefficient (Wildman–Crippen LogP) is 4.44. The zero-order valence-electron chi connectivity index (χ0n) is 13.7. The Morgan fingerprint density at radius 1 is 1.32 bits per heavy atom. The number of H-pyrrole nitrogens is 1. The van der Waals surface area contributed by atoms with E-state index in [1.54, 1.807) is 16.7 Å². The minimum absolute atomic E-state index is 0.402. The number of hydrogen-bond donors (Lipinski definition) is 1. The van der Waals surface area contributed by atoms with Crippen LogP contribution in [-0.4, -0.2) is 9.97 Å². The van der Waals surface area contributed by atoms with Gasteiger partial charge in [0.25, 0.3) is 0 Å². The number of benzene rings is 1. The molecule has 0 bridgehead atoms. The van der Waals surface area contributed by atoms with Crippen molar-refractivity contribution in [3.63, 3.8) is 0 Å². The van der Waals surface area contributed by atoms with Crippen molar-refractivity contribution in [2.75, 3.05) is 0 Å². The first-order valence-corrected chi connectivity index (χ1v) is 8.78. The summed E-state index contributed by atoms with van der Waals surface area (Å²) in [5.41, 5.74) is 5.38. The molecule has 0 spiro atoms. The second-order valence-corrected chi connectivity index (χ2v) is 7.63. The summed E-state index contributed by atoms with van der Waals surface area (Å²) in [7, 11) is 0.